The molecule has 7 nitrogen and oxygen atoms in total. The third-order valence-corrected chi connectivity index (χ3v) is 5.55. The van der Waals surface area contributed by atoms with Crippen molar-refractivity contribution in [3.05, 3.63) is 42.2 Å². The van der Waals surface area contributed by atoms with Crippen LogP contribution in [-0.4, -0.2) is 37.3 Å². The van der Waals surface area contributed by atoms with Gasteiger partial charge in [0.15, 0.2) is 0 Å². The van der Waals surface area contributed by atoms with E-state index in [1.165, 1.54) is 4.31 Å². The van der Waals surface area contributed by atoms with Crippen LogP contribution in [0.25, 0.3) is 0 Å². The highest BCUT2D eigenvalue weighted by molar-refractivity contribution is 7.93. The Morgan fingerprint density at radius 1 is 1.33 bits per heavy atom. The van der Waals surface area contributed by atoms with Crippen LogP contribution < -0.4 is 14.4 Å². The predicted molar refractivity (Wildman–Crippen MR) is 92.7 cm³/mol. The largest absolute Gasteiger partial charge is 0.477 e. The maximum Gasteiger partial charge on any atom is 0.235 e. The van der Waals surface area contributed by atoms with E-state index >= 15 is 0 Å². The number of hydrogen-bond donors (Lipinski definition) is 1. The molecule has 0 saturated carbocycles. The third-order valence-electron chi connectivity index (χ3n) is 3.68. The average Bonchev–Trinajstić information content (AvgIpc) is 2.93. The molecule has 0 unspecified atom stereocenters. The first-order valence-corrected chi connectivity index (χ1v) is 9.47. The minimum Gasteiger partial charge on any atom is -0.477 e. The lowest BCUT2D eigenvalue weighted by atomic mass is 10.2. The molecule has 3 rings (SSSR count). The van der Waals surface area contributed by atoms with E-state index in [4.69, 9.17) is 4.74 Å². The molecule has 0 atom stereocenters. The van der Waals surface area contributed by atoms with Gasteiger partial charge in [-0.3, -0.25) is 9.29 Å². The van der Waals surface area contributed by atoms with E-state index in [1.807, 2.05) is 31.2 Å². The summed E-state index contributed by atoms with van der Waals surface area (Å²) in [5, 5.41) is 3.18. The third kappa shape index (κ3) is 3.76. The fraction of sp³-hybridized carbons (Fsp3) is 0.375. The van der Waals surface area contributed by atoms with Crippen molar-refractivity contribution in [2.45, 2.75) is 19.9 Å². The van der Waals surface area contributed by atoms with E-state index in [2.05, 4.69) is 15.3 Å². The summed E-state index contributed by atoms with van der Waals surface area (Å²) in [5.41, 5.74) is 1.68. The number of hydrogen-bond acceptors (Lipinski definition) is 6. The summed E-state index contributed by atoms with van der Waals surface area (Å²) in [6, 6.07) is 7.51. The number of nitrogens with one attached hydrogen (secondary N) is 1. The van der Waals surface area contributed by atoms with Crippen LogP contribution in [0.2, 0.25) is 0 Å². The van der Waals surface area contributed by atoms with E-state index in [0.29, 0.717) is 43.5 Å². The molecule has 1 saturated heterocycles. The maximum absolute atomic E-state index is 12.0. The molecule has 8 heteroatoms. The number of nitrogens with zero attached hydrogens (tertiary/aromatic N) is 3. The molecular weight excluding hydrogens is 328 g/mol. The minimum absolute atomic E-state index is 0.218. The van der Waals surface area contributed by atoms with E-state index in [0.717, 1.165) is 5.56 Å². The van der Waals surface area contributed by atoms with Gasteiger partial charge < -0.3 is 10.1 Å². The van der Waals surface area contributed by atoms with Gasteiger partial charge in [0.2, 0.25) is 15.9 Å². The van der Waals surface area contributed by atoms with Crippen LogP contribution in [0.4, 0.5) is 11.5 Å². The van der Waals surface area contributed by atoms with E-state index in [1.54, 1.807) is 12.4 Å². The second kappa shape index (κ2) is 7.04. The molecule has 1 aliphatic rings. The lowest BCUT2D eigenvalue weighted by Gasteiger charge is -2.17. The number of benzene rings is 1. The Hall–Kier alpha value is -2.35. The summed E-state index contributed by atoms with van der Waals surface area (Å²) >= 11 is 0. The van der Waals surface area contributed by atoms with Crippen molar-refractivity contribution >= 4 is 21.5 Å². The van der Waals surface area contributed by atoms with Gasteiger partial charge in [0.05, 0.1) is 30.4 Å². The molecule has 24 heavy (non-hydrogen) atoms. The van der Waals surface area contributed by atoms with Crippen molar-refractivity contribution in [3.63, 3.8) is 0 Å². The van der Waals surface area contributed by atoms with Crippen LogP contribution >= 0.6 is 0 Å². The molecule has 0 radical (unpaired) electrons. The normalized spacial score (nSPS) is 16.1. The van der Waals surface area contributed by atoms with Crippen molar-refractivity contribution < 1.29 is 13.2 Å². The number of sulfonamides is 1. The van der Waals surface area contributed by atoms with Gasteiger partial charge in [-0.15, -0.1) is 0 Å². The summed E-state index contributed by atoms with van der Waals surface area (Å²) < 4.78 is 30.9. The molecule has 0 amide bonds. The summed E-state index contributed by atoms with van der Waals surface area (Å²) in [7, 11) is -3.16. The zero-order valence-corrected chi connectivity index (χ0v) is 14.3. The minimum atomic E-state index is -3.16. The molecule has 0 bridgehead atoms. The van der Waals surface area contributed by atoms with Gasteiger partial charge >= 0.3 is 0 Å². The number of ether oxygens (including phenoxy) is 1. The number of anilines is 2. The van der Waals surface area contributed by atoms with Gasteiger partial charge in [0.25, 0.3) is 0 Å². The summed E-state index contributed by atoms with van der Waals surface area (Å²) in [6.45, 7) is 3.48. The lowest BCUT2D eigenvalue weighted by Crippen LogP contribution is -2.25. The summed E-state index contributed by atoms with van der Waals surface area (Å²) in [6.07, 6.45) is 3.86. The van der Waals surface area contributed by atoms with Gasteiger partial charge in [-0.05, 0) is 31.0 Å². The fourth-order valence-electron chi connectivity index (χ4n) is 2.59. The second-order valence-corrected chi connectivity index (χ2v) is 7.45. The topological polar surface area (TPSA) is 84.4 Å². The lowest BCUT2D eigenvalue weighted by molar-refractivity contribution is 0.325. The Kier molecular flexibility index (Phi) is 4.84. The molecular formula is C16H20N4O3S. The molecule has 1 N–H and O–H groups in total. The summed E-state index contributed by atoms with van der Waals surface area (Å²) in [5.74, 6) is 1.30. The van der Waals surface area contributed by atoms with Crippen molar-refractivity contribution in [1.82, 2.24) is 9.97 Å². The van der Waals surface area contributed by atoms with Crippen molar-refractivity contribution in [3.8, 4) is 5.88 Å². The Morgan fingerprint density at radius 3 is 2.96 bits per heavy atom. The van der Waals surface area contributed by atoms with E-state index in [9.17, 15) is 8.42 Å². The SMILES string of the molecule is CCOc1cncc(NCc2cccc(N3CCCS3(=O)=O)c2)n1. The fourth-order valence-corrected chi connectivity index (χ4v) is 4.15. The Balaban J connectivity index is 1.70. The molecule has 0 aliphatic carbocycles. The monoisotopic (exact) mass is 348 g/mol. The number of rotatable bonds is 6. The highest BCUT2D eigenvalue weighted by Gasteiger charge is 2.28. The van der Waals surface area contributed by atoms with Gasteiger partial charge in [0, 0.05) is 13.1 Å². The summed E-state index contributed by atoms with van der Waals surface area (Å²) in [4.78, 5) is 8.38. The van der Waals surface area contributed by atoms with Crippen molar-refractivity contribution in [1.29, 1.82) is 0 Å². The molecule has 1 aromatic heterocycles. The van der Waals surface area contributed by atoms with Crippen LogP contribution in [0.15, 0.2) is 36.7 Å². The maximum atomic E-state index is 12.0. The first kappa shape index (κ1) is 16.5. The van der Waals surface area contributed by atoms with Crippen LogP contribution in [0.5, 0.6) is 5.88 Å². The zero-order chi connectivity index (χ0) is 17.0. The number of aromatic nitrogens is 2. The standard InChI is InChI=1S/C16H20N4O3S/c1-2-23-16-12-17-11-15(19-16)18-10-13-5-3-6-14(9-13)20-7-4-8-24(20,21)22/h3,5-6,9,11-12H,2,4,7-8,10H2,1H3,(H,18,19). The molecule has 1 aliphatic heterocycles. The van der Waals surface area contributed by atoms with Crippen LogP contribution in [-0.2, 0) is 16.6 Å². The van der Waals surface area contributed by atoms with Gasteiger partial charge in [-0.1, -0.05) is 12.1 Å². The Bertz CT molecular complexity index is 810. The quantitative estimate of drug-likeness (QED) is 0.860. The smallest absolute Gasteiger partial charge is 0.235 e. The van der Waals surface area contributed by atoms with Crippen molar-refractivity contribution in [2.24, 2.45) is 0 Å². The van der Waals surface area contributed by atoms with E-state index < -0.39 is 10.0 Å². The van der Waals surface area contributed by atoms with Gasteiger partial charge in [0.1, 0.15) is 5.82 Å². The molecule has 0 spiro atoms. The first-order valence-electron chi connectivity index (χ1n) is 7.86. The zero-order valence-electron chi connectivity index (χ0n) is 13.5. The molecule has 2 aromatic rings. The van der Waals surface area contributed by atoms with Gasteiger partial charge in [-0.25, -0.2) is 8.42 Å². The van der Waals surface area contributed by atoms with Crippen molar-refractivity contribution in [2.75, 3.05) is 28.5 Å². The molecule has 2 heterocycles. The second-order valence-electron chi connectivity index (χ2n) is 5.44. The van der Waals surface area contributed by atoms with Crippen LogP contribution in [0.1, 0.15) is 18.9 Å². The highest BCUT2D eigenvalue weighted by Crippen LogP contribution is 2.25. The Morgan fingerprint density at radius 2 is 2.21 bits per heavy atom. The molecule has 1 fully saturated rings. The van der Waals surface area contributed by atoms with Crippen LogP contribution in [0.3, 0.4) is 0 Å². The average molecular weight is 348 g/mol. The van der Waals surface area contributed by atoms with Gasteiger partial charge in [-0.2, -0.15) is 4.98 Å². The Labute approximate surface area is 141 Å². The predicted octanol–water partition coefficient (Wildman–Crippen LogP) is 2.03. The van der Waals surface area contributed by atoms with E-state index in [-0.39, 0.29) is 5.75 Å². The van der Waals surface area contributed by atoms with Crippen LogP contribution in [0, 0.1) is 0 Å². The molecule has 1 aromatic carbocycles. The molecule has 128 valence electrons. The first-order chi connectivity index (χ1) is 11.6. The highest BCUT2D eigenvalue weighted by atomic mass is 32.2.